The van der Waals surface area contributed by atoms with Gasteiger partial charge in [-0.2, -0.15) is 0 Å². The quantitative estimate of drug-likeness (QED) is 0.206. The van der Waals surface area contributed by atoms with E-state index in [0.29, 0.717) is 0 Å². The van der Waals surface area contributed by atoms with Crippen molar-refractivity contribution in [1.29, 1.82) is 0 Å². The lowest BCUT2D eigenvalue weighted by Gasteiger charge is -2.34. The Balaban J connectivity index is 1.42. The lowest BCUT2D eigenvalue weighted by atomic mass is 9.71. The number of hydrogen-bond donors (Lipinski definition) is 0. The number of pyridine rings is 1. The third-order valence-electron chi connectivity index (χ3n) is 9.57. The van der Waals surface area contributed by atoms with Crippen molar-refractivity contribution in [2.45, 2.75) is 70.6 Å². The third-order valence-corrected chi connectivity index (χ3v) is 9.57. The molecule has 0 saturated heterocycles. The Bertz CT molecular complexity index is 1900. The molecule has 2 heteroatoms. The summed E-state index contributed by atoms with van der Waals surface area (Å²) in [5, 5.41) is 0. The monoisotopic (exact) mass is 586 g/mol. The van der Waals surface area contributed by atoms with Crippen molar-refractivity contribution in [3.8, 4) is 22.4 Å². The predicted molar refractivity (Wildman–Crippen MR) is 189 cm³/mol. The van der Waals surface area contributed by atoms with E-state index in [4.69, 9.17) is 9.98 Å². The smallest absolute Gasteiger partial charge is 0.105 e. The molecule has 2 heterocycles. The summed E-state index contributed by atoms with van der Waals surface area (Å²) in [4.78, 5) is 11.0. The minimum atomic E-state index is -0.619. The Labute approximate surface area is 268 Å². The fraction of sp³-hybridized carbons (Fsp3) is 0.256. The Morgan fingerprint density at radius 2 is 1.09 bits per heavy atom. The number of hydrogen-bond acceptors (Lipinski definition) is 2. The molecule has 45 heavy (non-hydrogen) atoms. The van der Waals surface area contributed by atoms with Crippen molar-refractivity contribution in [3.05, 3.63) is 161 Å². The van der Waals surface area contributed by atoms with E-state index in [2.05, 4.69) is 163 Å². The fourth-order valence-corrected chi connectivity index (χ4v) is 7.06. The maximum absolute atomic E-state index is 5.55. The summed E-state index contributed by atoms with van der Waals surface area (Å²) in [6.07, 6.45) is 4.22. The van der Waals surface area contributed by atoms with Gasteiger partial charge in [-0.15, -0.1) is 0 Å². The number of nitrogens with zero attached hydrogens (tertiary/aromatic N) is 2. The van der Waals surface area contributed by atoms with Crippen LogP contribution in [0.5, 0.6) is 0 Å². The van der Waals surface area contributed by atoms with Crippen LogP contribution in [-0.4, -0.2) is 10.7 Å². The average Bonchev–Trinajstić information content (AvgIpc) is 3.35. The molecule has 0 radical (unpaired) electrons. The Kier molecular flexibility index (Phi) is 7.00. The Hall–Kier alpha value is -4.56. The summed E-state index contributed by atoms with van der Waals surface area (Å²) in [6, 6.07) is 42.1. The van der Waals surface area contributed by atoms with Gasteiger partial charge in [0.15, 0.2) is 0 Å². The third kappa shape index (κ3) is 4.97. The molecule has 0 atom stereocenters. The topological polar surface area (TPSA) is 25.2 Å². The molecule has 0 bridgehead atoms. The number of rotatable bonds is 4. The summed E-state index contributed by atoms with van der Waals surface area (Å²) < 4.78 is 0. The van der Waals surface area contributed by atoms with Crippen molar-refractivity contribution in [2.75, 3.05) is 0 Å². The van der Waals surface area contributed by atoms with Crippen LogP contribution >= 0.6 is 0 Å². The molecule has 1 aliphatic carbocycles. The van der Waals surface area contributed by atoms with E-state index in [1.165, 1.54) is 38.9 Å². The average molecular weight is 587 g/mol. The SMILES string of the molecule is CC(C)(C)c1ccc(C2=NC(C3(c4cccc(-c5ccc(C(C)(C)C)cc5)n4)c4ccccc4-c4ccccc43)=CCC2)cc1. The number of aliphatic imine (C=N–C) groups is 1. The molecule has 7 rings (SSSR count). The second-order valence-electron chi connectivity index (χ2n) is 14.6. The molecular weight excluding hydrogens is 544 g/mol. The van der Waals surface area contributed by atoms with Gasteiger partial charge in [0, 0.05) is 11.3 Å². The van der Waals surface area contributed by atoms with Crippen LogP contribution in [0.4, 0.5) is 0 Å². The summed E-state index contributed by atoms with van der Waals surface area (Å²) in [5.74, 6) is 0. The van der Waals surface area contributed by atoms with E-state index < -0.39 is 5.41 Å². The van der Waals surface area contributed by atoms with Crippen LogP contribution < -0.4 is 0 Å². The molecule has 0 fully saturated rings. The van der Waals surface area contributed by atoms with Gasteiger partial charge in [0.25, 0.3) is 0 Å². The standard InChI is InChI=1S/C43H42N2/c1-41(2,3)31-25-21-29(22-26-31)37-17-11-19-39(44-37)43(35-15-9-7-13-33(35)34-14-8-10-16-36(34)43)40-20-12-18-38(45-40)30-23-27-32(28-24-30)42(4,5)6/h7-11,13-17,19-28H,12,18H2,1-6H3. The van der Waals surface area contributed by atoms with Gasteiger partial charge in [-0.1, -0.05) is 151 Å². The molecule has 224 valence electrons. The van der Waals surface area contributed by atoms with E-state index in [1.54, 1.807) is 0 Å². The second kappa shape index (κ2) is 10.8. The zero-order valence-electron chi connectivity index (χ0n) is 27.4. The van der Waals surface area contributed by atoms with Crippen LogP contribution in [0.15, 0.2) is 132 Å². The van der Waals surface area contributed by atoms with Gasteiger partial charge in [-0.25, -0.2) is 0 Å². The zero-order chi connectivity index (χ0) is 31.4. The van der Waals surface area contributed by atoms with Crippen molar-refractivity contribution < 1.29 is 0 Å². The maximum Gasteiger partial charge on any atom is 0.105 e. The first-order valence-electron chi connectivity index (χ1n) is 16.2. The summed E-state index contributed by atoms with van der Waals surface area (Å²) in [6.45, 7) is 13.6. The van der Waals surface area contributed by atoms with Crippen molar-refractivity contribution >= 4 is 5.71 Å². The van der Waals surface area contributed by atoms with E-state index in [1.807, 2.05) is 0 Å². The molecule has 4 aromatic carbocycles. The molecule has 2 aliphatic rings. The molecule has 1 aliphatic heterocycles. The van der Waals surface area contributed by atoms with Gasteiger partial charge >= 0.3 is 0 Å². The molecule has 0 unspecified atom stereocenters. The van der Waals surface area contributed by atoms with Crippen LogP contribution in [0.3, 0.4) is 0 Å². The molecule has 0 amide bonds. The van der Waals surface area contributed by atoms with Gasteiger partial charge < -0.3 is 0 Å². The fourth-order valence-electron chi connectivity index (χ4n) is 7.06. The molecule has 2 nitrogen and oxygen atoms in total. The van der Waals surface area contributed by atoms with Gasteiger partial charge in [0.2, 0.25) is 0 Å². The minimum absolute atomic E-state index is 0.103. The molecule has 1 aromatic heterocycles. The number of allylic oxidation sites excluding steroid dienone is 2. The van der Waals surface area contributed by atoms with E-state index in [9.17, 15) is 0 Å². The lowest BCUT2D eigenvalue weighted by molar-refractivity contribution is 0.590. The highest BCUT2D eigenvalue weighted by Gasteiger charge is 2.49. The van der Waals surface area contributed by atoms with Crippen LogP contribution in [-0.2, 0) is 16.2 Å². The van der Waals surface area contributed by atoms with Gasteiger partial charge in [-0.3, -0.25) is 9.98 Å². The van der Waals surface area contributed by atoms with Gasteiger partial charge in [-0.05, 0) is 74.7 Å². The van der Waals surface area contributed by atoms with Crippen molar-refractivity contribution in [3.63, 3.8) is 0 Å². The van der Waals surface area contributed by atoms with E-state index in [0.717, 1.165) is 41.2 Å². The van der Waals surface area contributed by atoms with Crippen LogP contribution in [0, 0.1) is 0 Å². The minimum Gasteiger partial charge on any atom is -0.256 e. The molecule has 5 aromatic rings. The van der Waals surface area contributed by atoms with Crippen LogP contribution in [0.25, 0.3) is 22.4 Å². The van der Waals surface area contributed by atoms with Crippen LogP contribution in [0.2, 0.25) is 0 Å². The number of aromatic nitrogens is 1. The number of benzene rings is 4. The highest BCUT2D eigenvalue weighted by Crippen LogP contribution is 2.56. The number of fused-ring (bicyclic) bond motifs is 3. The van der Waals surface area contributed by atoms with E-state index in [-0.39, 0.29) is 10.8 Å². The first-order chi connectivity index (χ1) is 21.6. The summed E-state index contributed by atoms with van der Waals surface area (Å²) >= 11 is 0. The van der Waals surface area contributed by atoms with Crippen LogP contribution in [0.1, 0.15) is 87.9 Å². The second-order valence-corrected chi connectivity index (χ2v) is 14.6. The lowest BCUT2D eigenvalue weighted by Crippen LogP contribution is -2.32. The maximum atomic E-state index is 5.55. The van der Waals surface area contributed by atoms with Crippen molar-refractivity contribution in [2.24, 2.45) is 4.99 Å². The first kappa shape index (κ1) is 29.2. The molecule has 0 N–H and O–H groups in total. The zero-order valence-corrected chi connectivity index (χ0v) is 27.4. The van der Waals surface area contributed by atoms with E-state index >= 15 is 0 Å². The Morgan fingerprint density at radius 3 is 1.64 bits per heavy atom. The van der Waals surface area contributed by atoms with Gasteiger partial charge in [0.05, 0.1) is 17.1 Å². The normalized spacial score (nSPS) is 15.6. The summed E-state index contributed by atoms with van der Waals surface area (Å²) in [5.41, 5.74) is 13.8. The van der Waals surface area contributed by atoms with Gasteiger partial charge in [0.1, 0.15) is 5.41 Å². The highest BCUT2D eigenvalue weighted by atomic mass is 14.9. The molecule has 0 saturated carbocycles. The molecule has 0 spiro atoms. The predicted octanol–water partition coefficient (Wildman–Crippen LogP) is 10.8. The summed E-state index contributed by atoms with van der Waals surface area (Å²) in [7, 11) is 0. The first-order valence-corrected chi connectivity index (χ1v) is 16.2. The molecular formula is C43H42N2. The largest absolute Gasteiger partial charge is 0.256 e. The highest BCUT2D eigenvalue weighted by molar-refractivity contribution is 6.02. The van der Waals surface area contributed by atoms with Crippen molar-refractivity contribution in [1.82, 2.24) is 4.98 Å². The Morgan fingerprint density at radius 1 is 0.556 bits per heavy atom.